The lowest BCUT2D eigenvalue weighted by Crippen LogP contribution is -2.02. The smallest absolute Gasteiger partial charge is 0.131 e. The lowest BCUT2D eigenvalue weighted by atomic mass is 10.1. The van der Waals surface area contributed by atoms with Crippen LogP contribution < -0.4 is 4.74 Å². The predicted molar refractivity (Wildman–Crippen MR) is 82.3 cm³/mol. The van der Waals surface area contributed by atoms with Gasteiger partial charge in [-0.2, -0.15) is 0 Å². The van der Waals surface area contributed by atoms with Crippen LogP contribution >= 0.6 is 11.3 Å². The fraction of sp³-hybridized carbons (Fsp3) is 0.438. The van der Waals surface area contributed by atoms with Gasteiger partial charge in [-0.15, -0.1) is 11.3 Å². The summed E-state index contributed by atoms with van der Waals surface area (Å²) in [5.41, 5.74) is 2.89. The highest BCUT2D eigenvalue weighted by atomic mass is 32.1. The van der Waals surface area contributed by atoms with Crippen LogP contribution in [0.25, 0.3) is 0 Å². The third-order valence-electron chi connectivity index (χ3n) is 3.06. The van der Waals surface area contributed by atoms with Gasteiger partial charge in [-0.3, -0.25) is 0 Å². The summed E-state index contributed by atoms with van der Waals surface area (Å²) in [7, 11) is 0. The number of benzene rings is 1. The first kappa shape index (κ1) is 15.0. The fourth-order valence-corrected chi connectivity index (χ4v) is 2.89. The van der Waals surface area contributed by atoms with Crippen molar-refractivity contribution in [3.63, 3.8) is 0 Å². The Morgan fingerprint density at radius 2 is 2.20 bits per heavy atom. The lowest BCUT2D eigenvalue weighted by Gasteiger charge is -2.13. The van der Waals surface area contributed by atoms with E-state index in [1.54, 1.807) is 18.3 Å². The molecule has 0 aliphatic rings. The second kappa shape index (κ2) is 6.86. The van der Waals surface area contributed by atoms with Crippen molar-refractivity contribution in [1.29, 1.82) is 0 Å². The van der Waals surface area contributed by atoms with Crippen LogP contribution in [0.15, 0.2) is 23.6 Å². The van der Waals surface area contributed by atoms with E-state index >= 15 is 0 Å². The highest BCUT2D eigenvalue weighted by Crippen LogP contribution is 2.27. The van der Waals surface area contributed by atoms with Crippen LogP contribution in [0, 0.1) is 6.92 Å². The van der Waals surface area contributed by atoms with Gasteiger partial charge in [0.1, 0.15) is 12.4 Å². The molecule has 2 aromatic rings. The van der Waals surface area contributed by atoms with Gasteiger partial charge in [-0.05, 0) is 38.3 Å². The molecule has 1 atom stereocenters. The molecular weight excluding hydrogens is 270 g/mol. The molecular formula is C16H21NO2S. The maximum Gasteiger partial charge on any atom is 0.131 e. The Kier molecular flexibility index (Phi) is 5.15. The molecule has 0 aliphatic heterocycles. The van der Waals surface area contributed by atoms with Gasteiger partial charge in [-0.1, -0.05) is 19.1 Å². The van der Waals surface area contributed by atoms with Gasteiger partial charge in [0.2, 0.25) is 0 Å². The molecule has 0 bridgehead atoms. The second-order valence-corrected chi connectivity index (χ2v) is 5.93. The number of aliphatic hydroxyl groups excluding tert-OH is 1. The molecule has 0 spiro atoms. The van der Waals surface area contributed by atoms with Crippen molar-refractivity contribution in [3.8, 4) is 5.75 Å². The first-order valence-electron chi connectivity index (χ1n) is 6.94. The summed E-state index contributed by atoms with van der Waals surface area (Å²) >= 11 is 1.68. The summed E-state index contributed by atoms with van der Waals surface area (Å²) < 4.78 is 5.84. The number of ether oxygens (including phenoxy) is 1. The summed E-state index contributed by atoms with van der Waals surface area (Å²) in [5, 5.41) is 13.0. The SMILES string of the molecule is CCCc1nc(COc2cc(C)ccc2C(C)O)cs1. The topological polar surface area (TPSA) is 42.4 Å². The van der Waals surface area contributed by atoms with E-state index in [0.29, 0.717) is 6.61 Å². The number of thiazole rings is 1. The molecule has 0 saturated carbocycles. The normalized spacial score (nSPS) is 12.4. The third-order valence-corrected chi connectivity index (χ3v) is 4.02. The maximum absolute atomic E-state index is 9.77. The lowest BCUT2D eigenvalue weighted by molar-refractivity contribution is 0.190. The average Bonchev–Trinajstić information content (AvgIpc) is 2.84. The number of rotatable bonds is 6. The Labute approximate surface area is 124 Å². The molecule has 0 saturated heterocycles. The van der Waals surface area contributed by atoms with Gasteiger partial charge >= 0.3 is 0 Å². The number of hydrogen-bond donors (Lipinski definition) is 1. The molecule has 108 valence electrons. The molecule has 4 heteroatoms. The standard InChI is InChI=1S/C16H21NO2S/c1-4-5-16-17-13(10-20-16)9-19-15-8-11(2)6-7-14(15)12(3)18/h6-8,10,12,18H,4-5,9H2,1-3H3. The largest absolute Gasteiger partial charge is 0.487 e. The Morgan fingerprint density at radius 3 is 2.90 bits per heavy atom. The molecule has 1 aromatic carbocycles. The summed E-state index contributed by atoms with van der Waals surface area (Å²) in [6, 6.07) is 5.86. The number of hydrogen-bond acceptors (Lipinski definition) is 4. The molecule has 1 unspecified atom stereocenters. The van der Waals surface area contributed by atoms with Crippen molar-refractivity contribution < 1.29 is 9.84 Å². The number of aryl methyl sites for hydroxylation is 2. The van der Waals surface area contributed by atoms with Crippen molar-refractivity contribution in [2.24, 2.45) is 0 Å². The average molecular weight is 291 g/mol. The minimum atomic E-state index is -0.531. The molecule has 1 heterocycles. The van der Waals surface area contributed by atoms with Gasteiger partial charge in [0.15, 0.2) is 0 Å². The first-order chi connectivity index (χ1) is 9.60. The van der Waals surface area contributed by atoms with E-state index in [9.17, 15) is 5.11 Å². The molecule has 2 rings (SSSR count). The third kappa shape index (κ3) is 3.81. The van der Waals surface area contributed by atoms with Crippen LogP contribution in [0.4, 0.5) is 0 Å². The molecule has 1 N–H and O–H groups in total. The summed E-state index contributed by atoms with van der Waals surface area (Å²) in [5.74, 6) is 0.741. The Bertz CT molecular complexity index is 563. The van der Waals surface area contributed by atoms with Crippen LogP contribution in [0.5, 0.6) is 5.75 Å². The quantitative estimate of drug-likeness (QED) is 0.873. The van der Waals surface area contributed by atoms with Crippen LogP contribution in [-0.4, -0.2) is 10.1 Å². The van der Waals surface area contributed by atoms with Crippen molar-refractivity contribution >= 4 is 11.3 Å². The van der Waals surface area contributed by atoms with E-state index in [2.05, 4.69) is 11.9 Å². The highest BCUT2D eigenvalue weighted by Gasteiger charge is 2.10. The van der Waals surface area contributed by atoms with Gasteiger partial charge in [0.25, 0.3) is 0 Å². The van der Waals surface area contributed by atoms with E-state index in [-0.39, 0.29) is 0 Å². The van der Waals surface area contributed by atoms with E-state index in [0.717, 1.165) is 40.4 Å². The van der Waals surface area contributed by atoms with E-state index in [4.69, 9.17) is 4.74 Å². The minimum Gasteiger partial charge on any atom is -0.487 e. The van der Waals surface area contributed by atoms with Crippen LogP contribution in [0.2, 0.25) is 0 Å². The van der Waals surface area contributed by atoms with E-state index < -0.39 is 6.10 Å². The van der Waals surface area contributed by atoms with Crippen LogP contribution in [0.1, 0.15) is 48.2 Å². The molecule has 1 aromatic heterocycles. The second-order valence-electron chi connectivity index (χ2n) is 4.99. The van der Waals surface area contributed by atoms with Crippen LogP contribution in [0.3, 0.4) is 0 Å². The zero-order valence-corrected chi connectivity index (χ0v) is 13.0. The van der Waals surface area contributed by atoms with Crippen molar-refractivity contribution in [2.75, 3.05) is 0 Å². The predicted octanol–water partition coefficient (Wildman–Crippen LogP) is 4.04. The number of aliphatic hydroxyl groups is 1. The van der Waals surface area contributed by atoms with Gasteiger partial charge in [0, 0.05) is 10.9 Å². The van der Waals surface area contributed by atoms with Gasteiger partial charge in [-0.25, -0.2) is 4.98 Å². The first-order valence-corrected chi connectivity index (χ1v) is 7.82. The molecule has 20 heavy (non-hydrogen) atoms. The summed E-state index contributed by atoms with van der Waals surface area (Å²) in [6.07, 6.45) is 1.60. The zero-order valence-electron chi connectivity index (χ0n) is 12.2. The Hall–Kier alpha value is -1.39. The maximum atomic E-state index is 9.77. The molecule has 3 nitrogen and oxygen atoms in total. The highest BCUT2D eigenvalue weighted by molar-refractivity contribution is 7.09. The van der Waals surface area contributed by atoms with Crippen molar-refractivity contribution in [1.82, 2.24) is 4.98 Å². The Morgan fingerprint density at radius 1 is 1.40 bits per heavy atom. The summed E-state index contributed by atoms with van der Waals surface area (Å²) in [4.78, 5) is 4.54. The fourth-order valence-electron chi connectivity index (χ4n) is 2.01. The molecule has 0 fully saturated rings. The number of aromatic nitrogens is 1. The molecule has 0 radical (unpaired) electrons. The van der Waals surface area contributed by atoms with Gasteiger partial charge in [0.05, 0.1) is 16.8 Å². The van der Waals surface area contributed by atoms with Gasteiger partial charge < -0.3 is 9.84 Å². The monoisotopic (exact) mass is 291 g/mol. The van der Waals surface area contributed by atoms with E-state index in [1.165, 1.54) is 0 Å². The Balaban J connectivity index is 2.07. The molecule has 0 amide bonds. The van der Waals surface area contributed by atoms with Crippen LogP contribution in [-0.2, 0) is 13.0 Å². The number of nitrogens with zero attached hydrogens (tertiary/aromatic N) is 1. The van der Waals surface area contributed by atoms with E-state index in [1.807, 2.05) is 30.5 Å². The zero-order chi connectivity index (χ0) is 14.5. The minimum absolute atomic E-state index is 0.448. The van der Waals surface area contributed by atoms with Crippen molar-refractivity contribution in [2.45, 2.75) is 46.3 Å². The summed E-state index contributed by atoms with van der Waals surface area (Å²) in [6.45, 7) is 6.36. The molecule has 0 aliphatic carbocycles. The van der Waals surface area contributed by atoms with Crippen molar-refractivity contribution in [3.05, 3.63) is 45.4 Å².